The topological polar surface area (TPSA) is 67.2 Å². The van der Waals surface area contributed by atoms with Gasteiger partial charge >= 0.3 is 0 Å². The quantitative estimate of drug-likeness (QED) is 0.857. The van der Waals surface area contributed by atoms with Gasteiger partial charge < -0.3 is 15.0 Å². The molecule has 1 aliphatic carbocycles. The van der Waals surface area contributed by atoms with Crippen LogP contribution in [0, 0.1) is 5.41 Å². The summed E-state index contributed by atoms with van der Waals surface area (Å²) >= 11 is 6.01. The van der Waals surface area contributed by atoms with Crippen LogP contribution in [0.3, 0.4) is 0 Å². The van der Waals surface area contributed by atoms with E-state index in [0.717, 1.165) is 19.4 Å². The van der Waals surface area contributed by atoms with Crippen LogP contribution >= 0.6 is 11.6 Å². The molecule has 0 unspecified atom stereocenters. The number of hydrogen-bond donors (Lipinski definition) is 2. The van der Waals surface area contributed by atoms with E-state index in [1.165, 1.54) is 0 Å². The van der Waals surface area contributed by atoms with Gasteiger partial charge in [0.05, 0.1) is 6.33 Å². The third-order valence-corrected chi connectivity index (χ3v) is 4.46. The predicted octanol–water partition coefficient (Wildman–Crippen LogP) is 2.17. The van der Waals surface area contributed by atoms with E-state index in [9.17, 15) is 9.90 Å². The number of rotatable bonds is 6. The zero-order valence-electron chi connectivity index (χ0n) is 12.1. The van der Waals surface area contributed by atoms with Crippen molar-refractivity contribution in [2.75, 3.05) is 6.54 Å². The monoisotopic (exact) mass is 319 g/mol. The molecular weight excluding hydrogens is 302 g/mol. The molecule has 1 aliphatic rings. The zero-order valence-corrected chi connectivity index (χ0v) is 12.8. The molecule has 6 heteroatoms. The van der Waals surface area contributed by atoms with Crippen molar-refractivity contribution in [1.29, 1.82) is 0 Å². The lowest BCUT2D eigenvalue weighted by molar-refractivity contribution is -0.129. The molecule has 116 valence electrons. The molecule has 1 saturated carbocycles. The summed E-state index contributed by atoms with van der Waals surface area (Å²) in [6, 6.07) is 6.83. The minimum Gasteiger partial charge on any atom is -0.378 e. The molecule has 5 nitrogen and oxygen atoms in total. The van der Waals surface area contributed by atoms with E-state index in [-0.39, 0.29) is 5.41 Å². The van der Waals surface area contributed by atoms with Crippen LogP contribution < -0.4 is 5.32 Å². The van der Waals surface area contributed by atoms with Gasteiger partial charge in [-0.3, -0.25) is 4.79 Å². The molecule has 1 heterocycles. The van der Waals surface area contributed by atoms with Gasteiger partial charge in [-0.2, -0.15) is 0 Å². The molecule has 1 aromatic heterocycles. The Bertz CT molecular complexity index is 653. The highest BCUT2D eigenvalue weighted by Crippen LogP contribution is 2.46. The van der Waals surface area contributed by atoms with Crippen LogP contribution in [0.25, 0.3) is 0 Å². The summed E-state index contributed by atoms with van der Waals surface area (Å²) in [7, 11) is 0. The predicted molar refractivity (Wildman–Crippen MR) is 83.3 cm³/mol. The number of nitrogens with one attached hydrogen (secondary N) is 1. The average Bonchev–Trinajstić information content (AvgIpc) is 3.08. The number of nitrogens with zero attached hydrogens (tertiary/aromatic N) is 2. The smallest absolute Gasteiger partial charge is 0.253 e. The van der Waals surface area contributed by atoms with E-state index >= 15 is 0 Å². The average molecular weight is 320 g/mol. The minimum absolute atomic E-state index is 0.0799. The van der Waals surface area contributed by atoms with Crippen molar-refractivity contribution in [3.05, 3.63) is 53.6 Å². The van der Waals surface area contributed by atoms with Gasteiger partial charge in [-0.1, -0.05) is 29.8 Å². The molecule has 0 radical (unpaired) electrons. The number of aliphatic hydroxyl groups excluding tert-OH is 1. The van der Waals surface area contributed by atoms with Gasteiger partial charge in [0.1, 0.15) is 0 Å². The highest BCUT2D eigenvalue weighted by atomic mass is 35.5. The fourth-order valence-corrected chi connectivity index (χ4v) is 2.78. The lowest BCUT2D eigenvalue weighted by Crippen LogP contribution is -2.35. The van der Waals surface area contributed by atoms with Crippen LogP contribution in [-0.2, 0) is 11.3 Å². The van der Waals surface area contributed by atoms with E-state index in [1.54, 1.807) is 36.8 Å². The first-order valence-electron chi connectivity index (χ1n) is 7.26. The number of halogens is 1. The summed E-state index contributed by atoms with van der Waals surface area (Å²) in [4.78, 5) is 16.2. The molecule has 1 amide bonds. The van der Waals surface area contributed by atoms with Crippen molar-refractivity contribution >= 4 is 17.5 Å². The first-order valence-corrected chi connectivity index (χ1v) is 7.63. The van der Waals surface area contributed by atoms with Crippen molar-refractivity contribution in [2.45, 2.75) is 25.5 Å². The van der Waals surface area contributed by atoms with Gasteiger partial charge in [-0.05, 0) is 18.9 Å². The zero-order chi connectivity index (χ0) is 15.6. The van der Waals surface area contributed by atoms with E-state index in [2.05, 4.69) is 10.3 Å². The van der Waals surface area contributed by atoms with Crippen molar-refractivity contribution in [3.63, 3.8) is 0 Å². The van der Waals surface area contributed by atoms with Crippen molar-refractivity contribution in [2.24, 2.45) is 5.41 Å². The third kappa shape index (κ3) is 3.31. The second kappa shape index (κ2) is 6.10. The van der Waals surface area contributed by atoms with E-state index in [4.69, 9.17) is 11.6 Å². The van der Waals surface area contributed by atoms with Gasteiger partial charge in [0, 0.05) is 41.5 Å². The maximum atomic E-state index is 12.1. The maximum absolute atomic E-state index is 12.1. The SMILES string of the molecule is O=C(NCC1(Cn2ccnc2)CC1)[C@@H](O)c1ccccc1Cl. The second-order valence-corrected chi connectivity index (χ2v) is 6.28. The van der Waals surface area contributed by atoms with Crippen molar-refractivity contribution in [3.8, 4) is 0 Å². The Morgan fingerprint density at radius 1 is 1.45 bits per heavy atom. The number of carbonyl (C=O) groups excluding carboxylic acids is 1. The molecule has 2 N–H and O–H groups in total. The largest absolute Gasteiger partial charge is 0.378 e. The third-order valence-electron chi connectivity index (χ3n) is 4.12. The molecule has 22 heavy (non-hydrogen) atoms. The van der Waals surface area contributed by atoms with Gasteiger partial charge in [0.25, 0.3) is 5.91 Å². The standard InChI is InChI=1S/C16H18ClN3O2/c17-13-4-2-1-3-12(13)14(21)15(22)19-9-16(5-6-16)10-20-8-7-18-11-20/h1-4,7-8,11,14,21H,5-6,9-10H2,(H,19,22)/t14-/m0/s1. The molecular formula is C16H18ClN3O2. The Labute approximate surface area is 133 Å². The Kier molecular flexibility index (Phi) is 4.18. The fraction of sp³-hybridized carbons (Fsp3) is 0.375. The normalized spacial score (nSPS) is 17.0. The van der Waals surface area contributed by atoms with Crippen LogP contribution in [-0.4, -0.2) is 27.1 Å². The molecule has 1 atom stereocenters. The Morgan fingerprint density at radius 3 is 2.86 bits per heavy atom. The number of carbonyl (C=O) groups is 1. The summed E-state index contributed by atoms with van der Waals surface area (Å²) in [5.74, 6) is -0.412. The lowest BCUT2D eigenvalue weighted by Gasteiger charge is -2.18. The first kappa shape index (κ1) is 15.1. The van der Waals surface area contributed by atoms with Crippen LogP contribution in [0.4, 0.5) is 0 Å². The van der Waals surface area contributed by atoms with E-state index < -0.39 is 12.0 Å². The first-order chi connectivity index (χ1) is 10.6. The van der Waals surface area contributed by atoms with Crippen molar-refractivity contribution in [1.82, 2.24) is 14.9 Å². The van der Waals surface area contributed by atoms with Crippen LogP contribution in [0.5, 0.6) is 0 Å². The van der Waals surface area contributed by atoms with Crippen LogP contribution in [0.15, 0.2) is 43.0 Å². The Morgan fingerprint density at radius 2 is 2.23 bits per heavy atom. The number of hydrogen-bond acceptors (Lipinski definition) is 3. The van der Waals surface area contributed by atoms with E-state index in [0.29, 0.717) is 17.1 Å². The highest BCUT2D eigenvalue weighted by Gasteiger charge is 2.43. The van der Waals surface area contributed by atoms with Crippen LogP contribution in [0.2, 0.25) is 5.02 Å². The van der Waals surface area contributed by atoms with Gasteiger partial charge in [0.15, 0.2) is 6.10 Å². The summed E-state index contributed by atoms with van der Waals surface area (Å²) in [6.45, 7) is 1.38. The van der Waals surface area contributed by atoms with Gasteiger partial charge in [-0.15, -0.1) is 0 Å². The molecule has 0 saturated heterocycles. The maximum Gasteiger partial charge on any atom is 0.253 e. The number of aromatic nitrogens is 2. The second-order valence-electron chi connectivity index (χ2n) is 5.88. The Balaban J connectivity index is 1.57. The molecule has 1 fully saturated rings. The number of aliphatic hydroxyl groups is 1. The van der Waals surface area contributed by atoms with Gasteiger partial charge in [0.2, 0.25) is 0 Å². The summed E-state index contributed by atoms with van der Waals surface area (Å²) in [5, 5.41) is 13.4. The molecule has 0 aliphatic heterocycles. The molecule has 1 aromatic carbocycles. The summed E-state index contributed by atoms with van der Waals surface area (Å²) in [6.07, 6.45) is 6.33. The number of imidazole rings is 1. The molecule has 0 spiro atoms. The Hall–Kier alpha value is -1.85. The van der Waals surface area contributed by atoms with Gasteiger partial charge in [-0.25, -0.2) is 4.98 Å². The fourth-order valence-electron chi connectivity index (χ4n) is 2.54. The molecule has 3 rings (SSSR count). The minimum atomic E-state index is -1.24. The van der Waals surface area contributed by atoms with Crippen molar-refractivity contribution < 1.29 is 9.90 Å². The highest BCUT2D eigenvalue weighted by molar-refractivity contribution is 6.31. The van der Waals surface area contributed by atoms with Crippen LogP contribution in [0.1, 0.15) is 24.5 Å². The molecule has 2 aromatic rings. The molecule has 0 bridgehead atoms. The number of amides is 1. The lowest BCUT2D eigenvalue weighted by atomic mass is 10.1. The van der Waals surface area contributed by atoms with E-state index in [1.807, 2.05) is 10.8 Å². The summed E-state index contributed by atoms with van der Waals surface area (Å²) in [5.41, 5.74) is 0.512. The summed E-state index contributed by atoms with van der Waals surface area (Å²) < 4.78 is 2.02. The number of benzene rings is 1.